The number of H-pyrrole nitrogens is 1. The van der Waals surface area contributed by atoms with Crippen LogP contribution in [0.5, 0.6) is 0 Å². The van der Waals surface area contributed by atoms with E-state index in [1.54, 1.807) is 0 Å². The molecule has 5 nitrogen and oxygen atoms in total. The van der Waals surface area contributed by atoms with E-state index in [4.69, 9.17) is 5.73 Å². The van der Waals surface area contributed by atoms with Gasteiger partial charge in [0.05, 0.1) is 18.8 Å². The quantitative estimate of drug-likeness (QED) is 0.600. The molecule has 0 unspecified atom stereocenters. The van der Waals surface area contributed by atoms with Gasteiger partial charge in [-0.25, -0.2) is 0 Å². The second-order valence-electron chi connectivity index (χ2n) is 3.26. The summed E-state index contributed by atoms with van der Waals surface area (Å²) in [5.41, 5.74) is 8.31. The number of Topliss-reactive ketones (excluding diaryl/α,β-unsaturated/α-hetero) is 1. The topological polar surface area (TPSA) is 83.8 Å². The summed E-state index contributed by atoms with van der Waals surface area (Å²) in [5.74, 6) is 0.0174. The second kappa shape index (κ2) is 4.88. The number of ketones is 1. The maximum atomic E-state index is 10.9. The van der Waals surface area contributed by atoms with Gasteiger partial charge in [0, 0.05) is 17.8 Å². The van der Waals surface area contributed by atoms with Crippen molar-refractivity contribution in [3.8, 4) is 0 Å². The van der Waals surface area contributed by atoms with Crippen LogP contribution in [0.2, 0.25) is 0 Å². The number of nitrogens with zero attached hydrogens (tertiary/aromatic N) is 1. The van der Waals surface area contributed by atoms with E-state index < -0.39 is 0 Å². The number of nitrogens with one attached hydrogen (secondary N) is 2. The van der Waals surface area contributed by atoms with Crippen LogP contribution in [0, 0.1) is 13.8 Å². The summed E-state index contributed by atoms with van der Waals surface area (Å²) >= 11 is 0. The van der Waals surface area contributed by atoms with Crippen molar-refractivity contribution in [2.75, 3.05) is 13.1 Å². The Labute approximate surface area is 83.1 Å². The van der Waals surface area contributed by atoms with E-state index in [1.807, 2.05) is 13.8 Å². The predicted molar refractivity (Wildman–Crippen MR) is 53.8 cm³/mol. The monoisotopic (exact) mass is 196 g/mol. The summed E-state index contributed by atoms with van der Waals surface area (Å²) < 4.78 is 0. The van der Waals surface area contributed by atoms with E-state index in [-0.39, 0.29) is 12.3 Å². The summed E-state index contributed by atoms with van der Waals surface area (Å²) in [5, 5.41) is 9.98. The number of aromatic nitrogens is 2. The molecule has 0 saturated carbocycles. The van der Waals surface area contributed by atoms with Gasteiger partial charge in [-0.15, -0.1) is 0 Å². The third kappa shape index (κ3) is 2.65. The minimum Gasteiger partial charge on any atom is -0.324 e. The molecule has 0 aromatic carbocycles. The highest BCUT2D eigenvalue weighted by Gasteiger charge is 2.05. The lowest BCUT2D eigenvalue weighted by Crippen LogP contribution is -2.28. The van der Waals surface area contributed by atoms with Crippen LogP contribution >= 0.6 is 0 Å². The van der Waals surface area contributed by atoms with Gasteiger partial charge in [0.25, 0.3) is 0 Å². The zero-order valence-electron chi connectivity index (χ0n) is 8.55. The van der Waals surface area contributed by atoms with E-state index in [0.717, 1.165) is 17.0 Å². The lowest BCUT2D eigenvalue weighted by molar-refractivity contribution is -0.116. The molecule has 0 aliphatic heterocycles. The Hall–Kier alpha value is -1.20. The molecule has 0 atom stereocenters. The molecule has 0 spiro atoms. The molecule has 1 rings (SSSR count). The van der Waals surface area contributed by atoms with Crippen molar-refractivity contribution in [2.45, 2.75) is 20.4 Å². The minimum absolute atomic E-state index is 0.0174. The van der Waals surface area contributed by atoms with Crippen molar-refractivity contribution in [1.82, 2.24) is 15.5 Å². The molecule has 0 bridgehead atoms. The molecule has 1 heterocycles. The first-order chi connectivity index (χ1) is 6.65. The number of hydrogen-bond donors (Lipinski definition) is 3. The van der Waals surface area contributed by atoms with Crippen LogP contribution in [0.25, 0.3) is 0 Å². The van der Waals surface area contributed by atoms with Gasteiger partial charge < -0.3 is 11.1 Å². The number of carbonyl (C=O) groups is 1. The fourth-order valence-corrected chi connectivity index (χ4v) is 1.23. The maximum Gasteiger partial charge on any atom is 0.160 e. The van der Waals surface area contributed by atoms with Crippen LogP contribution in [0.3, 0.4) is 0 Å². The summed E-state index contributed by atoms with van der Waals surface area (Å²) in [6.07, 6.45) is 0. The van der Waals surface area contributed by atoms with Crippen molar-refractivity contribution in [3.05, 3.63) is 17.0 Å². The van der Waals surface area contributed by atoms with Crippen LogP contribution in [-0.2, 0) is 11.3 Å². The van der Waals surface area contributed by atoms with Crippen LogP contribution in [0.15, 0.2) is 0 Å². The fraction of sp³-hybridized carbons (Fsp3) is 0.556. The largest absolute Gasteiger partial charge is 0.324 e. The molecule has 1 aromatic rings. The molecule has 14 heavy (non-hydrogen) atoms. The first-order valence-corrected chi connectivity index (χ1v) is 4.58. The van der Waals surface area contributed by atoms with Crippen LogP contribution in [0.4, 0.5) is 0 Å². The number of aromatic amines is 1. The molecule has 1 aromatic heterocycles. The van der Waals surface area contributed by atoms with E-state index in [9.17, 15) is 4.79 Å². The lowest BCUT2D eigenvalue weighted by atomic mass is 10.2. The molecule has 78 valence electrons. The highest BCUT2D eigenvalue weighted by molar-refractivity contribution is 5.82. The molecule has 0 saturated heterocycles. The van der Waals surface area contributed by atoms with Gasteiger partial charge in [-0.05, 0) is 13.8 Å². The highest BCUT2D eigenvalue weighted by atomic mass is 16.1. The van der Waals surface area contributed by atoms with Gasteiger partial charge >= 0.3 is 0 Å². The average Bonchev–Trinajstić information content (AvgIpc) is 2.48. The molecule has 0 radical (unpaired) electrons. The van der Waals surface area contributed by atoms with Crippen molar-refractivity contribution in [2.24, 2.45) is 5.73 Å². The molecule has 0 amide bonds. The number of hydrogen-bond acceptors (Lipinski definition) is 4. The molecule has 0 aliphatic carbocycles. The Bertz CT molecular complexity index is 299. The smallest absolute Gasteiger partial charge is 0.160 e. The van der Waals surface area contributed by atoms with E-state index >= 15 is 0 Å². The van der Waals surface area contributed by atoms with Crippen LogP contribution < -0.4 is 11.1 Å². The van der Waals surface area contributed by atoms with Crippen molar-refractivity contribution < 1.29 is 4.79 Å². The first-order valence-electron chi connectivity index (χ1n) is 4.58. The Morgan fingerprint density at radius 2 is 2.29 bits per heavy atom. The number of carbonyl (C=O) groups excluding carboxylic acids is 1. The molecular weight excluding hydrogens is 180 g/mol. The van der Waals surface area contributed by atoms with E-state index in [1.165, 1.54) is 0 Å². The Balaban J connectivity index is 2.42. The summed E-state index contributed by atoms with van der Waals surface area (Å²) in [4.78, 5) is 10.9. The van der Waals surface area contributed by atoms with Crippen molar-refractivity contribution in [1.29, 1.82) is 0 Å². The zero-order valence-corrected chi connectivity index (χ0v) is 8.55. The minimum atomic E-state index is 0.0174. The Kier molecular flexibility index (Phi) is 3.79. The second-order valence-corrected chi connectivity index (χ2v) is 3.26. The van der Waals surface area contributed by atoms with Crippen molar-refractivity contribution >= 4 is 5.78 Å². The van der Waals surface area contributed by atoms with Gasteiger partial charge in [0.1, 0.15) is 0 Å². The number of nitrogens with two attached hydrogens (primary N) is 1. The molecule has 5 heteroatoms. The Morgan fingerprint density at radius 3 is 2.79 bits per heavy atom. The lowest BCUT2D eigenvalue weighted by Gasteiger charge is -2.02. The maximum absolute atomic E-state index is 10.9. The average molecular weight is 196 g/mol. The van der Waals surface area contributed by atoms with Crippen LogP contribution in [0.1, 0.15) is 17.0 Å². The van der Waals surface area contributed by atoms with Crippen LogP contribution in [-0.4, -0.2) is 29.1 Å². The molecule has 0 aliphatic rings. The zero-order chi connectivity index (χ0) is 10.6. The van der Waals surface area contributed by atoms with E-state index in [0.29, 0.717) is 13.1 Å². The standard InChI is InChI=1S/C9H16N4O/c1-6-9(7(2)13-12-6)5-11-4-8(14)3-10/h11H,3-5,10H2,1-2H3,(H,12,13). The van der Waals surface area contributed by atoms with Gasteiger partial charge in [0.15, 0.2) is 5.78 Å². The normalized spacial score (nSPS) is 10.5. The number of aryl methyl sites for hydroxylation is 2. The molecule has 4 N–H and O–H groups in total. The third-order valence-electron chi connectivity index (χ3n) is 2.13. The van der Waals surface area contributed by atoms with Gasteiger partial charge in [-0.1, -0.05) is 0 Å². The Morgan fingerprint density at radius 1 is 1.57 bits per heavy atom. The van der Waals surface area contributed by atoms with Gasteiger partial charge in [0.2, 0.25) is 0 Å². The van der Waals surface area contributed by atoms with Gasteiger partial charge in [-0.3, -0.25) is 9.89 Å². The molecular formula is C9H16N4O. The SMILES string of the molecule is Cc1n[nH]c(C)c1CNCC(=O)CN. The predicted octanol–water partition coefficient (Wildman–Crippen LogP) is -0.356. The van der Waals surface area contributed by atoms with Gasteiger partial charge in [-0.2, -0.15) is 5.10 Å². The summed E-state index contributed by atoms with van der Waals surface area (Å²) in [6, 6.07) is 0. The third-order valence-corrected chi connectivity index (χ3v) is 2.13. The fourth-order valence-electron chi connectivity index (χ4n) is 1.23. The van der Waals surface area contributed by atoms with Crippen molar-refractivity contribution in [3.63, 3.8) is 0 Å². The summed E-state index contributed by atoms with van der Waals surface area (Å²) in [7, 11) is 0. The summed E-state index contributed by atoms with van der Waals surface area (Å²) in [6.45, 7) is 4.96. The number of rotatable bonds is 5. The molecule has 0 fully saturated rings. The first kappa shape index (κ1) is 10.9. The van der Waals surface area contributed by atoms with E-state index in [2.05, 4.69) is 15.5 Å². The highest BCUT2D eigenvalue weighted by Crippen LogP contribution is 2.07.